The molecule has 0 amide bonds. The smallest absolute Gasteiger partial charge is 0.105 e. The highest BCUT2D eigenvalue weighted by Crippen LogP contribution is 2.35. The van der Waals surface area contributed by atoms with Crippen molar-refractivity contribution in [2.75, 3.05) is 7.05 Å². The average Bonchev–Trinajstić information content (AvgIpc) is 3.09. The van der Waals surface area contributed by atoms with Crippen LogP contribution >= 0.6 is 0 Å². The van der Waals surface area contributed by atoms with E-state index in [4.69, 9.17) is 0 Å². The second-order valence-electron chi connectivity index (χ2n) is 6.54. The second kappa shape index (κ2) is 6.04. The van der Waals surface area contributed by atoms with E-state index in [0.717, 1.165) is 12.3 Å². The molecule has 1 aliphatic rings. The highest BCUT2D eigenvalue weighted by molar-refractivity contribution is 5.06. The first-order valence-corrected chi connectivity index (χ1v) is 7.20. The van der Waals surface area contributed by atoms with Crippen molar-refractivity contribution >= 4 is 0 Å². The van der Waals surface area contributed by atoms with Gasteiger partial charge in [-0.05, 0) is 66.8 Å². The third-order valence-electron chi connectivity index (χ3n) is 4.20. The zero-order chi connectivity index (χ0) is 13.9. The molecule has 1 saturated carbocycles. The molecule has 0 aromatic heterocycles. The highest BCUT2D eigenvalue weighted by atomic mass is 15.2. The van der Waals surface area contributed by atoms with Gasteiger partial charge in [-0.2, -0.15) is 5.26 Å². The van der Waals surface area contributed by atoms with Crippen LogP contribution in [0.2, 0.25) is 0 Å². The fourth-order valence-corrected chi connectivity index (χ4v) is 2.82. The standard InChI is InChI=1S/C15H29N3/c1-11(2)17-15(5,10-16)9-12(3)18(6)13(4)14-7-8-14/h11-14,17H,7-9H2,1-6H3. The summed E-state index contributed by atoms with van der Waals surface area (Å²) in [5.74, 6) is 0.879. The van der Waals surface area contributed by atoms with Crippen molar-refractivity contribution in [2.24, 2.45) is 5.92 Å². The van der Waals surface area contributed by atoms with Crippen LogP contribution in [-0.4, -0.2) is 35.6 Å². The quantitative estimate of drug-likeness (QED) is 0.756. The first-order chi connectivity index (χ1) is 8.29. The Kier molecular flexibility index (Phi) is 5.19. The summed E-state index contributed by atoms with van der Waals surface area (Å²) < 4.78 is 0. The monoisotopic (exact) mass is 251 g/mol. The lowest BCUT2D eigenvalue weighted by Crippen LogP contribution is -2.50. The van der Waals surface area contributed by atoms with Crippen molar-refractivity contribution in [3.8, 4) is 6.07 Å². The molecule has 3 heteroatoms. The Labute approximate surface area is 113 Å². The van der Waals surface area contributed by atoms with Crippen LogP contribution in [0, 0.1) is 17.2 Å². The molecule has 3 unspecified atom stereocenters. The Morgan fingerprint density at radius 2 is 1.89 bits per heavy atom. The number of hydrogen-bond acceptors (Lipinski definition) is 3. The van der Waals surface area contributed by atoms with Gasteiger partial charge < -0.3 is 4.90 Å². The lowest BCUT2D eigenvalue weighted by atomic mass is 9.93. The van der Waals surface area contributed by atoms with Crippen LogP contribution in [0.5, 0.6) is 0 Å². The van der Waals surface area contributed by atoms with Crippen LogP contribution in [0.1, 0.15) is 53.9 Å². The molecule has 0 heterocycles. The molecule has 104 valence electrons. The lowest BCUT2D eigenvalue weighted by Gasteiger charge is -2.36. The van der Waals surface area contributed by atoms with E-state index in [1.54, 1.807) is 0 Å². The number of nitrogens with zero attached hydrogens (tertiary/aromatic N) is 2. The van der Waals surface area contributed by atoms with Gasteiger partial charge in [0.25, 0.3) is 0 Å². The molecule has 0 saturated heterocycles. The van der Waals surface area contributed by atoms with Gasteiger partial charge in [-0.15, -0.1) is 0 Å². The molecule has 1 rings (SSSR count). The summed E-state index contributed by atoms with van der Waals surface area (Å²) in [6, 6.07) is 3.85. The average molecular weight is 251 g/mol. The van der Waals surface area contributed by atoms with E-state index in [2.05, 4.69) is 51.0 Å². The van der Waals surface area contributed by atoms with Gasteiger partial charge in [0.1, 0.15) is 5.54 Å². The molecule has 0 bridgehead atoms. The molecular formula is C15H29N3. The van der Waals surface area contributed by atoms with Crippen molar-refractivity contribution < 1.29 is 0 Å². The molecule has 18 heavy (non-hydrogen) atoms. The largest absolute Gasteiger partial charge is 0.301 e. The fourth-order valence-electron chi connectivity index (χ4n) is 2.82. The molecule has 0 aliphatic heterocycles. The molecule has 0 spiro atoms. The SMILES string of the molecule is CC(C)NC(C)(C#N)CC(C)N(C)C(C)C1CC1. The summed E-state index contributed by atoms with van der Waals surface area (Å²) in [5, 5.41) is 12.8. The van der Waals surface area contributed by atoms with Gasteiger partial charge in [0.05, 0.1) is 6.07 Å². The summed E-state index contributed by atoms with van der Waals surface area (Å²) in [7, 11) is 2.20. The van der Waals surface area contributed by atoms with Gasteiger partial charge in [0, 0.05) is 18.1 Å². The van der Waals surface area contributed by atoms with Gasteiger partial charge in [0.2, 0.25) is 0 Å². The second-order valence-corrected chi connectivity index (χ2v) is 6.54. The first kappa shape index (κ1) is 15.5. The number of nitriles is 1. The van der Waals surface area contributed by atoms with Crippen LogP contribution in [0.25, 0.3) is 0 Å². The van der Waals surface area contributed by atoms with Gasteiger partial charge >= 0.3 is 0 Å². The Morgan fingerprint density at radius 1 is 1.33 bits per heavy atom. The van der Waals surface area contributed by atoms with Crippen molar-refractivity contribution in [3.05, 3.63) is 0 Å². The van der Waals surface area contributed by atoms with Crippen LogP contribution < -0.4 is 5.32 Å². The minimum atomic E-state index is -0.425. The van der Waals surface area contributed by atoms with Crippen molar-refractivity contribution in [1.82, 2.24) is 10.2 Å². The lowest BCUT2D eigenvalue weighted by molar-refractivity contribution is 0.149. The minimum absolute atomic E-state index is 0.341. The third kappa shape index (κ3) is 4.26. The molecular weight excluding hydrogens is 222 g/mol. The summed E-state index contributed by atoms with van der Waals surface area (Å²) in [6.45, 7) is 10.7. The van der Waals surface area contributed by atoms with E-state index in [9.17, 15) is 5.26 Å². The summed E-state index contributed by atoms with van der Waals surface area (Å²) >= 11 is 0. The summed E-state index contributed by atoms with van der Waals surface area (Å²) in [6.07, 6.45) is 3.62. The van der Waals surface area contributed by atoms with Gasteiger partial charge in [-0.1, -0.05) is 0 Å². The topological polar surface area (TPSA) is 39.1 Å². The van der Waals surface area contributed by atoms with Crippen LogP contribution in [-0.2, 0) is 0 Å². The number of nitrogens with one attached hydrogen (secondary N) is 1. The molecule has 3 atom stereocenters. The Morgan fingerprint density at radius 3 is 2.28 bits per heavy atom. The molecule has 1 N–H and O–H groups in total. The zero-order valence-electron chi connectivity index (χ0n) is 12.8. The maximum Gasteiger partial charge on any atom is 0.105 e. The maximum absolute atomic E-state index is 9.39. The van der Waals surface area contributed by atoms with Crippen molar-refractivity contribution in [1.29, 1.82) is 5.26 Å². The van der Waals surface area contributed by atoms with Crippen LogP contribution in [0.4, 0.5) is 0 Å². The summed E-state index contributed by atoms with van der Waals surface area (Å²) in [4.78, 5) is 2.44. The molecule has 0 radical (unpaired) electrons. The Bertz CT molecular complexity index is 303. The van der Waals surface area contributed by atoms with E-state index < -0.39 is 5.54 Å². The van der Waals surface area contributed by atoms with E-state index in [0.29, 0.717) is 18.1 Å². The van der Waals surface area contributed by atoms with E-state index >= 15 is 0 Å². The maximum atomic E-state index is 9.39. The third-order valence-corrected chi connectivity index (χ3v) is 4.20. The van der Waals surface area contributed by atoms with Crippen molar-refractivity contribution in [3.63, 3.8) is 0 Å². The van der Waals surface area contributed by atoms with Crippen LogP contribution in [0.15, 0.2) is 0 Å². The van der Waals surface area contributed by atoms with Gasteiger partial charge in [0.15, 0.2) is 0 Å². The minimum Gasteiger partial charge on any atom is -0.301 e. The predicted octanol–water partition coefficient (Wildman–Crippen LogP) is 2.78. The van der Waals surface area contributed by atoms with Crippen LogP contribution in [0.3, 0.4) is 0 Å². The molecule has 0 aromatic rings. The van der Waals surface area contributed by atoms with E-state index in [1.165, 1.54) is 12.8 Å². The molecule has 1 aliphatic carbocycles. The molecule has 3 nitrogen and oxygen atoms in total. The highest BCUT2D eigenvalue weighted by Gasteiger charge is 2.35. The Balaban J connectivity index is 2.55. The summed E-state index contributed by atoms with van der Waals surface area (Å²) in [5.41, 5.74) is -0.425. The number of rotatable bonds is 7. The first-order valence-electron chi connectivity index (χ1n) is 7.20. The zero-order valence-corrected chi connectivity index (χ0v) is 12.8. The van der Waals surface area contributed by atoms with Gasteiger partial charge in [-0.3, -0.25) is 5.32 Å². The Hall–Kier alpha value is -0.590. The predicted molar refractivity (Wildman–Crippen MR) is 76.3 cm³/mol. The van der Waals surface area contributed by atoms with E-state index in [1.807, 2.05) is 6.92 Å². The van der Waals surface area contributed by atoms with E-state index in [-0.39, 0.29) is 0 Å². The molecule has 1 fully saturated rings. The normalized spacial score (nSPS) is 22.6. The van der Waals surface area contributed by atoms with Crippen molar-refractivity contribution in [2.45, 2.75) is 77.5 Å². The van der Waals surface area contributed by atoms with Gasteiger partial charge in [-0.25, -0.2) is 0 Å². The molecule has 0 aromatic carbocycles. The number of hydrogen-bond donors (Lipinski definition) is 1. The fraction of sp³-hybridized carbons (Fsp3) is 0.933.